The summed E-state index contributed by atoms with van der Waals surface area (Å²) in [5.74, 6) is -3.15. The molecule has 4 aromatic carbocycles. The van der Waals surface area contributed by atoms with Crippen LogP contribution >= 0.6 is 0 Å². The normalized spacial score (nSPS) is 12.0. The summed E-state index contributed by atoms with van der Waals surface area (Å²) >= 11 is 0. The Hall–Kier alpha value is -4.65. The molecule has 0 aliphatic carbocycles. The second-order valence-electron chi connectivity index (χ2n) is 10.4. The van der Waals surface area contributed by atoms with Gasteiger partial charge in [-0.3, -0.25) is 9.59 Å². The van der Waals surface area contributed by atoms with E-state index in [-0.39, 0.29) is 13.2 Å². The van der Waals surface area contributed by atoms with Gasteiger partial charge in [-0.2, -0.15) is 0 Å². The third-order valence-corrected chi connectivity index (χ3v) is 6.09. The highest BCUT2D eigenvalue weighted by molar-refractivity contribution is 5.97. The Labute approximate surface area is 234 Å². The number of rotatable bonds is 9. The average Bonchev–Trinajstić information content (AvgIpc) is 2.94. The van der Waals surface area contributed by atoms with E-state index in [9.17, 15) is 14.4 Å². The van der Waals surface area contributed by atoms with Gasteiger partial charge in [-0.15, -0.1) is 0 Å². The highest BCUT2D eigenvalue weighted by Crippen LogP contribution is 2.29. The molecular formula is C33H33NO6. The second-order valence-corrected chi connectivity index (χ2v) is 10.4. The van der Waals surface area contributed by atoms with Gasteiger partial charge < -0.3 is 19.5 Å². The van der Waals surface area contributed by atoms with Crippen molar-refractivity contribution in [2.24, 2.45) is 5.92 Å². The van der Waals surface area contributed by atoms with Gasteiger partial charge in [0.25, 0.3) is 0 Å². The lowest BCUT2D eigenvalue weighted by atomic mass is 9.91. The van der Waals surface area contributed by atoms with Crippen LogP contribution in [0.25, 0.3) is 10.8 Å². The summed E-state index contributed by atoms with van der Waals surface area (Å²) in [4.78, 5) is 40.2. The van der Waals surface area contributed by atoms with Crippen LogP contribution in [0.15, 0.2) is 103 Å². The summed E-state index contributed by atoms with van der Waals surface area (Å²) in [5.41, 5.74) is 1.25. The molecule has 206 valence electrons. The zero-order chi connectivity index (χ0) is 28.5. The Kier molecular flexibility index (Phi) is 9.17. The standard InChI is InChI=1S/C33H33NO6/c1-33(2,3)40-32(37)34-29(27-19-18-25-16-10-11-17-26(25)20-27)28(30(35)38-21-23-12-6-4-7-13-23)31(36)39-22-24-14-8-5-9-15-24/h4-20,28-29H,21-22H2,1-3H3,(H,34,37)/t29-/m0/s1. The number of nitrogens with one attached hydrogen (secondary N) is 1. The number of esters is 2. The van der Waals surface area contributed by atoms with E-state index in [1.54, 1.807) is 26.8 Å². The van der Waals surface area contributed by atoms with Crippen molar-refractivity contribution in [3.63, 3.8) is 0 Å². The van der Waals surface area contributed by atoms with Crippen LogP contribution in [-0.2, 0) is 37.0 Å². The fourth-order valence-electron chi connectivity index (χ4n) is 4.20. The van der Waals surface area contributed by atoms with Crippen molar-refractivity contribution in [2.75, 3.05) is 0 Å². The van der Waals surface area contributed by atoms with E-state index in [2.05, 4.69) is 5.32 Å². The molecule has 40 heavy (non-hydrogen) atoms. The molecule has 0 unspecified atom stereocenters. The predicted molar refractivity (Wildman–Crippen MR) is 152 cm³/mol. The van der Waals surface area contributed by atoms with Gasteiger partial charge in [0.1, 0.15) is 18.8 Å². The summed E-state index contributed by atoms with van der Waals surface area (Å²) < 4.78 is 16.7. The SMILES string of the molecule is CC(C)(C)OC(=O)N[C@@H](c1ccc2ccccc2c1)C(C(=O)OCc1ccccc1)C(=O)OCc1ccccc1. The summed E-state index contributed by atoms with van der Waals surface area (Å²) in [6.07, 6.45) is -0.776. The first-order valence-electron chi connectivity index (χ1n) is 13.1. The third kappa shape index (κ3) is 7.93. The summed E-state index contributed by atoms with van der Waals surface area (Å²) in [6.45, 7) is 5.12. The number of ether oxygens (including phenoxy) is 3. The number of carbonyl (C=O) groups is 3. The lowest BCUT2D eigenvalue weighted by Gasteiger charge is -2.28. The third-order valence-electron chi connectivity index (χ3n) is 6.09. The van der Waals surface area contributed by atoms with E-state index in [0.29, 0.717) is 5.56 Å². The lowest BCUT2D eigenvalue weighted by Crippen LogP contribution is -2.43. The first-order chi connectivity index (χ1) is 19.2. The summed E-state index contributed by atoms with van der Waals surface area (Å²) in [5, 5.41) is 4.60. The van der Waals surface area contributed by atoms with Crippen LogP contribution < -0.4 is 5.32 Å². The molecule has 0 fully saturated rings. The number of carbonyl (C=O) groups excluding carboxylic acids is 3. The number of amides is 1. The monoisotopic (exact) mass is 539 g/mol. The predicted octanol–water partition coefficient (Wildman–Crippen LogP) is 6.51. The van der Waals surface area contributed by atoms with E-state index < -0.39 is 35.6 Å². The van der Waals surface area contributed by atoms with Crippen molar-refractivity contribution in [3.8, 4) is 0 Å². The Morgan fingerprint density at radius 3 is 1.70 bits per heavy atom. The largest absolute Gasteiger partial charge is 0.460 e. The molecule has 0 aromatic heterocycles. The molecule has 4 aromatic rings. The van der Waals surface area contributed by atoms with Gasteiger partial charge in [0, 0.05) is 0 Å². The fourth-order valence-corrected chi connectivity index (χ4v) is 4.20. The highest BCUT2D eigenvalue weighted by atomic mass is 16.6. The molecule has 1 N–H and O–H groups in total. The maximum atomic E-state index is 13.6. The van der Waals surface area contributed by atoms with Crippen LogP contribution in [0.3, 0.4) is 0 Å². The van der Waals surface area contributed by atoms with Crippen LogP contribution in [0.5, 0.6) is 0 Å². The van der Waals surface area contributed by atoms with E-state index >= 15 is 0 Å². The van der Waals surface area contributed by atoms with Crippen LogP contribution in [0, 0.1) is 5.92 Å². The first-order valence-corrected chi connectivity index (χ1v) is 13.1. The Bertz CT molecular complexity index is 1390. The molecule has 0 aliphatic rings. The number of hydrogen-bond donors (Lipinski definition) is 1. The Balaban J connectivity index is 1.69. The maximum absolute atomic E-state index is 13.6. The van der Waals surface area contributed by atoms with Crippen molar-refractivity contribution < 1.29 is 28.6 Å². The van der Waals surface area contributed by atoms with Crippen molar-refractivity contribution in [3.05, 3.63) is 120 Å². The van der Waals surface area contributed by atoms with Crippen LogP contribution in [0.2, 0.25) is 0 Å². The molecule has 0 radical (unpaired) electrons. The van der Waals surface area contributed by atoms with E-state index in [4.69, 9.17) is 14.2 Å². The molecule has 0 saturated carbocycles. The molecule has 7 nitrogen and oxygen atoms in total. The minimum absolute atomic E-state index is 0.0426. The van der Waals surface area contributed by atoms with Gasteiger partial charge in [0.2, 0.25) is 0 Å². The quantitative estimate of drug-likeness (QED) is 0.148. The van der Waals surface area contributed by atoms with Gasteiger partial charge in [0.05, 0.1) is 6.04 Å². The van der Waals surface area contributed by atoms with Crippen LogP contribution in [0.1, 0.15) is 43.5 Å². The topological polar surface area (TPSA) is 90.9 Å². The van der Waals surface area contributed by atoms with Crippen molar-refractivity contribution >= 4 is 28.8 Å². The van der Waals surface area contributed by atoms with Crippen LogP contribution in [0.4, 0.5) is 4.79 Å². The number of benzene rings is 4. The zero-order valence-electron chi connectivity index (χ0n) is 22.8. The number of hydrogen-bond acceptors (Lipinski definition) is 6. The molecule has 0 aliphatic heterocycles. The van der Waals surface area contributed by atoms with Crippen molar-refractivity contribution in [2.45, 2.75) is 45.6 Å². The molecular weight excluding hydrogens is 506 g/mol. The van der Waals surface area contributed by atoms with Gasteiger partial charge in [-0.1, -0.05) is 97.1 Å². The molecule has 4 rings (SSSR count). The molecule has 0 bridgehead atoms. The van der Waals surface area contributed by atoms with Gasteiger partial charge >= 0.3 is 18.0 Å². The molecule has 0 heterocycles. The Morgan fingerprint density at radius 2 is 1.18 bits per heavy atom. The van der Waals surface area contributed by atoms with Crippen molar-refractivity contribution in [1.29, 1.82) is 0 Å². The lowest BCUT2D eigenvalue weighted by molar-refractivity contribution is -0.165. The molecule has 7 heteroatoms. The average molecular weight is 540 g/mol. The first kappa shape index (κ1) is 28.4. The summed E-state index contributed by atoms with van der Waals surface area (Å²) in [6, 6.07) is 30.3. The van der Waals surface area contributed by atoms with E-state index in [1.807, 2.05) is 97.1 Å². The van der Waals surface area contributed by atoms with Gasteiger partial charge in [-0.25, -0.2) is 4.79 Å². The minimum Gasteiger partial charge on any atom is -0.460 e. The fraction of sp³-hybridized carbons (Fsp3) is 0.242. The Morgan fingerprint density at radius 1 is 0.675 bits per heavy atom. The summed E-state index contributed by atoms with van der Waals surface area (Å²) in [7, 11) is 0. The number of fused-ring (bicyclic) bond motifs is 1. The smallest absolute Gasteiger partial charge is 0.408 e. The van der Waals surface area contributed by atoms with Crippen molar-refractivity contribution in [1.82, 2.24) is 5.32 Å². The maximum Gasteiger partial charge on any atom is 0.408 e. The molecule has 0 spiro atoms. The number of alkyl carbamates (subject to hydrolysis) is 1. The molecule has 0 saturated heterocycles. The van der Waals surface area contributed by atoms with Crippen LogP contribution in [-0.4, -0.2) is 23.6 Å². The van der Waals surface area contributed by atoms with Gasteiger partial charge in [0.15, 0.2) is 5.92 Å². The van der Waals surface area contributed by atoms with Gasteiger partial charge in [-0.05, 0) is 54.3 Å². The highest BCUT2D eigenvalue weighted by Gasteiger charge is 2.40. The van der Waals surface area contributed by atoms with E-state index in [0.717, 1.165) is 21.9 Å². The molecule has 1 atom stereocenters. The van der Waals surface area contributed by atoms with E-state index in [1.165, 1.54) is 0 Å². The minimum atomic E-state index is -1.50. The molecule has 1 amide bonds. The second kappa shape index (κ2) is 12.9. The zero-order valence-corrected chi connectivity index (χ0v) is 22.8.